The summed E-state index contributed by atoms with van der Waals surface area (Å²) in [6.45, 7) is 4.00. The molecule has 96 valence electrons. The largest absolute Gasteiger partial charge is 0.386 e. The second-order valence-corrected chi connectivity index (χ2v) is 4.78. The smallest absolute Gasteiger partial charge is 0.347 e. The highest BCUT2D eigenvalue weighted by Crippen LogP contribution is 2.27. The Bertz CT molecular complexity index is 489. The molecule has 0 aliphatic carbocycles. The zero-order valence-corrected chi connectivity index (χ0v) is 10.9. The lowest BCUT2D eigenvalue weighted by molar-refractivity contribution is 0.0443. The summed E-state index contributed by atoms with van der Waals surface area (Å²) in [5, 5.41) is 0. The highest BCUT2D eigenvalue weighted by atomic mass is 16.6. The summed E-state index contributed by atoms with van der Waals surface area (Å²) in [7, 11) is 0. The molecule has 2 rings (SSSR count). The van der Waals surface area contributed by atoms with E-state index >= 15 is 0 Å². The number of ether oxygens (including phenoxy) is 1. The number of carbonyl (C=O) groups is 2. The third kappa shape index (κ3) is 2.30. The topological polar surface area (TPSA) is 43.4 Å². The van der Waals surface area contributed by atoms with Crippen molar-refractivity contribution in [3.8, 4) is 0 Å². The van der Waals surface area contributed by atoms with Gasteiger partial charge in [-0.25, -0.2) is 9.59 Å². The molecule has 0 saturated carbocycles. The van der Waals surface area contributed by atoms with Gasteiger partial charge in [-0.15, -0.1) is 0 Å². The number of benzene rings is 1. The molecular formula is C15H18O3. The minimum atomic E-state index is -0.497. The van der Waals surface area contributed by atoms with Crippen molar-refractivity contribution in [2.75, 3.05) is 0 Å². The molecule has 0 radical (unpaired) electrons. The first-order valence-electron chi connectivity index (χ1n) is 6.54. The number of cyclic esters (lactones) is 2. The van der Waals surface area contributed by atoms with E-state index in [-0.39, 0.29) is 0 Å². The van der Waals surface area contributed by atoms with Crippen LogP contribution in [0, 0.1) is 6.92 Å². The molecule has 0 bridgehead atoms. The fourth-order valence-electron chi connectivity index (χ4n) is 2.38. The summed E-state index contributed by atoms with van der Waals surface area (Å²) >= 11 is 0. The molecule has 3 nitrogen and oxygen atoms in total. The van der Waals surface area contributed by atoms with Gasteiger partial charge in [0, 0.05) is 0 Å². The van der Waals surface area contributed by atoms with Gasteiger partial charge in [-0.3, -0.25) is 0 Å². The van der Waals surface area contributed by atoms with Gasteiger partial charge in [0.25, 0.3) is 0 Å². The van der Waals surface area contributed by atoms with E-state index in [1.807, 2.05) is 19.1 Å². The van der Waals surface area contributed by atoms with E-state index in [0.717, 1.165) is 30.4 Å². The quantitative estimate of drug-likeness (QED) is 0.454. The van der Waals surface area contributed by atoms with E-state index < -0.39 is 11.9 Å². The average molecular weight is 246 g/mol. The van der Waals surface area contributed by atoms with Crippen LogP contribution in [0.15, 0.2) is 12.1 Å². The van der Waals surface area contributed by atoms with Gasteiger partial charge >= 0.3 is 11.9 Å². The van der Waals surface area contributed by atoms with Gasteiger partial charge in [0.05, 0.1) is 11.1 Å². The maximum atomic E-state index is 11.7. The monoisotopic (exact) mass is 246 g/mol. The molecule has 0 unspecified atom stereocenters. The predicted octanol–water partition coefficient (Wildman–Crippen LogP) is 3.43. The number of rotatable bonds is 5. The zero-order valence-electron chi connectivity index (χ0n) is 10.9. The summed E-state index contributed by atoms with van der Waals surface area (Å²) < 4.78 is 4.70. The molecule has 18 heavy (non-hydrogen) atoms. The fraction of sp³-hybridized carbons (Fsp3) is 0.467. The van der Waals surface area contributed by atoms with Crippen molar-refractivity contribution < 1.29 is 14.3 Å². The van der Waals surface area contributed by atoms with Crippen molar-refractivity contribution in [3.05, 3.63) is 34.4 Å². The number of hydrogen-bond acceptors (Lipinski definition) is 3. The minimum Gasteiger partial charge on any atom is -0.386 e. The summed E-state index contributed by atoms with van der Waals surface area (Å²) in [6.07, 6.45) is 5.43. The van der Waals surface area contributed by atoms with Crippen molar-refractivity contribution in [2.24, 2.45) is 0 Å². The van der Waals surface area contributed by atoms with Crippen molar-refractivity contribution in [1.29, 1.82) is 0 Å². The van der Waals surface area contributed by atoms with Crippen LogP contribution in [-0.2, 0) is 11.2 Å². The molecule has 1 aliphatic rings. The molecule has 1 aromatic rings. The molecule has 0 aromatic heterocycles. The second kappa shape index (κ2) is 5.34. The van der Waals surface area contributed by atoms with Crippen molar-refractivity contribution >= 4 is 11.9 Å². The Morgan fingerprint density at radius 1 is 1.00 bits per heavy atom. The third-order valence-electron chi connectivity index (χ3n) is 3.39. The summed E-state index contributed by atoms with van der Waals surface area (Å²) in [5.74, 6) is -0.980. The molecular weight excluding hydrogens is 228 g/mol. The first kappa shape index (κ1) is 12.8. The van der Waals surface area contributed by atoms with Gasteiger partial charge < -0.3 is 4.74 Å². The van der Waals surface area contributed by atoms with E-state index in [9.17, 15) is 9.59 Å². The van der Waals surface area contributed by atoms with Crippen LogP contribution in [0.5, 0.6) is 0 Å². The summed E-state index contributed by atoms with van der Waals surface area (Å²) in [5.41, 5.74) is 2.73. The van der Waals surface area contributed by atoms with Crippen molar-refractivity contribution in [1.82, 2.24) is 0 Å². The normalized spacial score (nSPS) is 13.7. The number of unbranched alkanes of at least 4 members (excludes halogenated alkanes) is 3. The molecule has 1 aliphatic heterocycles. The van der Waals surface area contributed by atoms with Crippen LogP contribution < -0.4 is 0 Å². The Morgan fingerprint density at radius 3 is 2.44 bits per heavy atom. The van der Waals surface area contributed by atoms with E-state index in [0.29, 0.717) is 11.1 Å². The molecule has 0 atom stereocenters. The van der Waals surface area contributed by atoms with Crippen LogP contribution in [0.25, 0.3) is 0 Å². The Kier molecular flexibility index (Phi) is 3.80. The van der Waals surface area contributed by atoms with Crippen LogP contribution >= 0.6 is 0 Å². The molecule has 0 amide bonds. The summed E-state index contributed by atoms with van der Waals surface area (Å²) in [4.78, 5) is 23.3. The third-order valence-corrected chi connectivity index (χ3v) is 3.39. The lowest BCUT2D eigenvalue weighted by Gasteiger charge is -2.06. The molecule has 0 saturated heterocycles. The van der Waals surface area contributed by atoms with Gasteiger partial charge in [-0.2, -0.15) is 0 Å². The first-order valence-corrected chi connectivity index (χ1v) is 6.54. The Morgan fingerprint density at radius 2 is 1.72 bits per heavy atom. The van der Waals surface area contributed by atoms with E-state index in [1.165, 1.54) is 12.8 Å². The number of esters is 2. The maximum absolute atomic E-state index is 11.7. The first-order chi connectivity index (χ1) is 8.65. The molecule has 3 heteroatoms. The highest BCUT2D eigenvalue weighted by Gasteiger charge is 2.33. The van der Waals surface area contributed by atoms with Gasteiger partial charge in [-0.1, -0.05) is 38.3 Å². The lowest BCUT2D eigenvalue weighted by Crippen LogP contribution is -2.01. The Hall–Kier alpha value is -1.64. The molecule has 0 N–H and O–H groups in total. The number of hydrogen-bond donors (Lipinski definition) is 0. The van der Waals surface area contributed by atoms with Gasteiger partial charge in [0.15, 0.2) is 0 Å². The maximum Gasteiger partial charge on any atom is 0.347 e. The molecule has 1 aromatic carbocycles. The number of fused-ring (bicyclic) bond motifs is 1. The van der Waals surface area contributed by atoms with Gasteiger partial charge in [-0.05, 0) is 30.9 Å². The van der Waals surface area contributed by atoms with Gasteiger partial charge in [0.2, 0.25) is 0 Å². The van der Waals surface area contributed by atoms with Crippen LogP contribution in [0.2, 0.25) is 0 Å². The zero-order chi connectivity index (χ0) is 13.1. The average Bonchev–Trinajstić information content (AvgIpc) is 2.64. The van der Waals surface area contributed by atoms with Crippen LogP contribution in [-0.4, -0.2) is 11.9 Å². The SMILES string of the molecule is CCCCCCc1ccc(C)c2c1C(=O)OC2=O. The second-order valence-electron chi connectivity index (χ2n) is 4.78. The predicted molar refractivity (Wildman–Crippen MR) is 68.8 cm³/mol. The fourth-order valence-corrected chi connectivity index (χ4v) is 2.38. The standard InChI is InChI=1S/C15H18O3/c1-3-4-5-6-7-11-9-8-10(2)12-13(11)15(17)18-14(12)16/h8-9H,3-7H2,1-2H3. The van der Waals surface area contributed by atoms with Crippen molar-refractivity contribution in [3.63, 3.8) is 0 Å². The Balaban J connectivity index is 2.23. The lowest BCUT2D eigenvalue weighted by atomic mass is 9.95. The molecule has 0 spiro atoms. The van der Waals surface area contributed by atoms with Crippen LogP contribution in [0.4, 0.5) is 0 Å². The Labute approximate surface area is 107 Å². The van der Waals surface area contributed by atoms with E-state index in [1.54, 1.807) is 0 Å². The number of carbonyl (C=O) groups excluding carboxylic acids is 2. The highest BCUT2D eigenvalue weighted by molar-refractivity contribution is 6.16. The number of aryl methyl sites for hydroxylation is 2. The summed E-state index contributed by atoms with van der Waals surface area (Å²) in [6, 6.07) is 3.84. The van der Waals surface area contributed by atoms with Gasteiger partial charge in [0.1, 0.15) is 0 Å². The van der Waals surface area contributed by atoms with Crippen LogP contribution in [0.3, 0.4) is 0 Å². The van der Waals surface area contributed by atoms with E-state index in [4.69, 9.17) is 4.74 Å². The van der Waals surface area contributed by atoms with Crippen molar-refractivity contribution in [2.45, 2.75) is 46.0 Å². The molecule has 1 heterocycles. The van der Waals surface area contributed by atoms with Crippen LogP contribution in [0.1, 0.15) is 64.4 Å². The van der Waals surface area contributed by atoms with E-state index in [2.05, 4.69) is 6.92 Å². The minimum absolute atomic E-state index is 0.466. The molecule has 0 fully saturated rings.